The van der Waals surface area contributed by atoms with Gasteiger partial charge in [-0.2, -0.15) is 0 Å². The van der Waals surface area contributed by atoms with Gasteiger partial charge in [-0.25, -0.2) is 4.90 Å². The minimum absolute atomic E-state index is 0.0895. The first-order valence-electron chi connectivity index (χ1n) is 8.11. The zero-order valence-electron chi connectivity index (χ0n) is 14.3. The quantitative estimate of drug-likeness (QED) is 0.547. The highest BCUT2D eigenvalue weighted by molar-refractivity contribution is 8.00. The minimum atomic E-state index is -0.813. The van der Waals surface area contributed by atoms with Gasteiger partial charge in [0, 0.05) is 12.2 Å². The Hall–Kier alpha value is -2.06. The molecule has 2 N–H and O–H groups in total. The van der Waals surface area contributed by atoms with Crippen molar-refractivity contribution in [1.82, 2.24) is 0 Å². The van der Waals surface area contributed by atoms with E-state index in [9.17, 15) is 14.4 Å². The number of carbonyl (C=O) groups is 3. The largest absolute Gasteiger partial charge is 0.494 e. The monoisotopic (exact) mass is 366 g/mol. The van der Waals surface area contributed by atoms with Gasteiger partial charge >= 0.3 is 5.97 Å². The van der Waals surface area contributed by atoms with Crippen LogP contribution in [0.3, 0.4) is 0 Å². The summed E-state index contributed by atoms with van der Waals surface area (Å²) in [6, 6.07) is 5.98. The Bertz CT molecular complexity index is 634. The normalized spacial score (nSPS) is 18.4. The SMILES string of the molecule is CCOC(=O)[C@@H](N)CS[C@@H]1CC(=O)N(c2ccc(OCC)cc2)C1=O. The second-order valence-electron chi connectivity index (χ2n) is 5.38. The average molecular weight is 366 g/mol. The summed E-state index contributed by atoms with van der Waals surface area (Å²) in [5.41, 5.74) is 6.24. The van der Waals surface area contributed by atoms with Crippen molar-refractivity contribution in [1.29, 1.82) is 0 Å². The lowest BCUT2D eigenvalue weighted by Crippen LogP contribution is -2.36. The highest BCUT2D eigenvalue weighted by Crippen LogP contribution is 2.30. The number of esters is 1. The van der Waals surface area contributed by atoms with Gasteiger partial charge in [0.1, 0.15) is 11.8 Å². The molecule has 2 amide bonds. The molecule has 1 heterocycles. The van der Waals surface area contributed by atoms with Crippen molar-refractivity contribution in [3.05, 3.63) is 24.3 Å². The summed E-state index contributed by atoms with van der Waals surface area (Å²) in [7, 11) is 0. The van der Waals surface area contributed by atoms with Crippen molar-refractivity contribution in [2.45, 2.75) is 31.6 Å². The first-order valence-corrected chi connectivity index (χ1v) is 9.16. The van der Waals surface area contributed by atoms with Gasteiger partial charge in [0.15, 0.2) is 0 Å². The molecule has 0 saturated carbocycles. The molecule has 2 rings (SSSR count). The topological polar surface area (TPSA) is 98.9 Å². The van der Waals surface area contributed by atoms with Crippen LogP contribution in [0.15, 0.2) is 24.3 Å². The fourth-order valence-electron chi connectivity index (χ4n) is 2.40. The Morgan fingerprint density at radius 2 is 1.96 bits per heavy atom. The zero-order valence-corrected chi connectivity index (χ0v) is 15.1. The van der Waals surface area contributed by atoms with E-state index in [0.29, 0.717) is 18.0 Å². The molecule has 1 aliphatic rings. The lowest BCUT2D eigenvalue weighted by molar-refractivity contribution is -0.144. The van der Waals surface area contributed by atoms with E-state index in [1.165, 1.54) is 16.7 Å². The van der Waals surface area contributed by atoms with Crippen LogP contribution in [0.2, 0.25) is 0 Å². The minimum Gasteiger partial charge on any atom is -0.494 e. The van der Waals surface area contributed by atoms with Crippen molar-refractivity contribution in [3.8, 4) is 5.75 Å². The molecule has 1 fully saturated rings. The van der Waals surface area contributed by atoms with Crippen molar-refractivity contribution in [2.75, 3.05) is 23.9 Å². The molecule has 2 atom stereocenters. The third-order valence-electron chi connectivity index (χ3n) is 3.58. The van der Waals surface area contributed by atoms with E-state index < -0.39 is 17.3 Å². The van der Waals surface area contributed by atoms with Crippen LogP contribution < -0.4 is 15.4 Å². The van der Waals surface area contributed by atoms with Crippen LogP contribution in [0.25, 0.3) is 0 Å². The van der Waals surface area contributed by atoms with Gasteiger partial charge in [0.2, 0.25) is 11.8 Å². The highest BCUT2D eigenvalue weighted by Gasteiger charge is 2.40. The zero-order chi connectivity index (χ0) is 18.4. The molecule has 25 heavy (non-hydrogen) atoms. The van der Waals surface area contributed by atoms with Crippen molar-refractivity contribution in [2.24, 2.45) is 5.73 Å². The Morgan fingerprint density at radius 3 is 2.56 bits per heavy atom. The standard InChI is InChI=1S/C17H22N2O5S/c1-3-23-12-7-5-11(6-8-12)19-15(20)9-14(16(19)21)25-10-13(18)17(22)24-4-2/h5-8,13-14H,3-4,9-10,18H2,1-2H3/t13-,14+/m0/s1. The smallest absolute Gasteiger partial charge is 0.323 e. The molecule has 136 valence electrons. The Morgan fingerprint density at radius 1 is 1.28 bits per heavy atom. The van der Waals surface area contributed by atoms with E-state index in [2.05, 4.69) is 0 Å². The van der Waals surface area contributed by atoms with Crippen LogP contribution in [0, 0.1) is 0 Å². The molecule has 1 aliphatic heterocycles. The highest BCUT2D eigenvalue weighted by atomic mass is 32.2. The fourth-order valence-corrected chi connectivity index (χ4v) is 3.48. The van der Waals surface area contributed by atoms with Crippen molar-refractivity contribution < 1.29 is 23.9 Å². The van der Waals surface area contributed by atoms with E-state index in [-0.39, 0.29) is 30.6 Å². The Kier molecular flexibility index (Phi) is 6.83. The Balaban J connectivity index is 1.98. The van der Waals surface area contributed by atoms with Crippen molar-refractivity contribution >= 4 is 35.2 Å². The Labute approximate surface area is 150 Å². The van der Waals surface area contributed by atoms with E-state index in [0.717, 1.165) is 0 Å². The molecule has 0 aliphatic carbocycles. The molecule has 1 aromatic carbocycles. The first-order chi connectivity index (χ1) is 12.0. The molecule has 0 spiro atoms. The predicted molar refractivity (Wildman–Crippen MR) is 95.6 cm³/mol. The number of imide groups is 1. The van der Waals surface area contributed by atoms with Crippen LogP contribution in [0.4, 0.5) is 5.69 Å². The molecule has 0 radical (unpaired) electrons. The number of nitrogens with two attached hydrogens (primary N) is 1. The number of benzene rings is 1. The molecule has 1 aromatic rings. The number of carbonyl (C=O) groups excluding carboxylic acids is 3. The summed E-state index contributed by atoms with van der Waals surface area (Å²) in [5, 5.41) is -0.542. The lowest BCUT2D eigenvalue weighted by atomic mass is 10.3. The summed E-state index contributed by atoms with van der Waals surface area (Å²) in [6.07, 6.45) is 0.0895. The van der Waals surface area contributed by atoms with E-state index in [1.807, 2.05) is 6.92 Å². The predicted octanol–water partition coefficient (Wildman–Crippen LogP) is 1.34. The molecule has 8 heteroatoms. The van der Waals surface area contributed by atoms with Crippen LogP contribution in [-0.2, 0) is 19.1 Å². The molecule has 0 unspecified atom stereocenters. The van der Waals surface area contributed by atoms with Crippen molar-refractivity contribution in [3.63, 3.8) is 0 Å². The number of amides is 2. The van der Waals surface area contributed by atoms with Gasteiger partial charge in [0.25, 0.3) is 0 Å². The summed E-state index contributed by atoms with van der Waals surface area (Å²) < 4.78 is 10.2. The number of nitrogens with zero attached hydrogens (tertiary/aromatic N) is 1. The number of anilines is 1. The van der Waals surface area contributed by atoms with E-state index in [1.54, 1.807) is 31.2 Å². The third kappa shape index (κ3) is 4.73. The number of thioether (sulfide) groups is 1. The second-order valence-corrected chi connectivity index (χ2v) is 6.61. The maximum Gasteiger partial charge on any atom is 0.323 e. The molecular weight excluding hydrogens is 344 g/mol. The van der Waals surface area contributed by atoms with Gasteiger partial charge < -0.3 is 15.2 Å². The number of rotatable bonds is 8. The summed E-state index contributed by atoms with van der Waals surface area (Å²) in [5.74, 6) is -0.169. The molecule has 1 saturated heterocycles. The molecular formula is C17H22N2O5S. The lowest BCUT2D eigenvalue weighted by Gasteiger charge is -2.16. The summed E-state index contributed by atoms with van der Waals surface area (Å²) >= 11 is 1.21. The average Bonchev–Trinajstić information content (AvgIpc) is 2.88. The molecule has 0 bridgehead atoms. The van der Waals surface area contributed by atoms with Crippen LogP contribution >= 0.6 is 11.8 Å². The second kappa shape index (κ2) is 8.87. The van der Waals surface area contributed by atoms with E-state index >= 15 is 0 Å². The molecule has 7 nitrogen and oxygen atoms in total. The summed E-state index contributed by atoms with van der Waals surface area (Å²) in [6.45, 7) is 4.37. The van der Waals surface area contributed by atoms with Gasteiger partial charge in [0.05, 0.1) is 24.2 Å². The van der Waals surface area contributed by atoms with Gasteiger partial charge in [-0.15, -0.1) is 11.8 Å². The number of hydrogen-bond donors (Lipinski definition) is 1. The van der Waals surface area contributed by atoms with Gasteiger partial charge in [-0.3, -0.25) is 14.4 Å². The number of ether oxygens (including phenoxy) is 2. The maximum absolute atomic E-state index is 12.5. The summed E-state index contributed by atoms with van der Waals surface area (Å²) in [4.78, 5) is 37.5. The van der Waals surface area contributed by atoms with E-state index in [4.69, 9.17) is 15.2 Å². The van der Waals surface area contributed by atoms with Crippen LogP contribution in [0.5, 0.6) is 5.75 Å². The molecule has 0 aromatic heterocycles. The first kappa shape index (κ1) is 19.3. The van der Waals surface area contributed by atoms with Crippen LogP contribution in [-0.4, -0.2) is 48.0 Å². The third-order valence-corrected chi connectivity index (χ3v) is 4.90. The van der Waals surface area contributed by atoms with Gasteiger partial charge in [-0.05, 0) is 38.1 Å². The van der Waals surface area contributed by atoms with Crippen LogP contribution in [0.1, 0.15) is 20.3 Å². The number of hydrogen-bond acceptors (Lipinski definition) is 7. The van der Waals surface area contributed by atoms with Gasteiger partial charge in [-0.1, -0.05) is 0 Å². The maximum atomic E-state index is 12.5. The fraction of sp³-hybridized carbons (Fsp3) is 0.471.